The van der Waals surface area contributed by atoms with Crippen LogP contribution in [0.4, 0.5) is 5.69 Å². The molecule has 0 spiro atoms. The summed E-state index contributed by atoms with van der Waals surface area (Å²) in [5, 5.41) is 13.6. The average molecular weight is 330 g/mol. The standard InChI is InChI=1S/C17H18N2O5/c1-11(15-8-7-14(23-2)10-16(15)24-3)18-17(20)12-5-4-6-13(9-12)19(21)22/h4-11H,1-3H3,(H,18,20). The van der Waals surface area contributed by atoms with Gasteiger partial charge in [0, 0.05) is 29.3 Å². The summed E-state index contributed by atoms with van der Waals surface area (Å²) < 4.78 is 10.5. The number of benzene rings is 2. The zero-order valence-corrected chi connectivity index (χ0v) is 13.6. The van der Waals surface area contributed by atoms with Crippen molar-refractivity contribution in [2.24, 2.45) is 0 Å². The second-order valence-electron chi connectivity index (χ2n) is 5.11. The molecule has 0 radical (unpaired) electrons. The molecule has 1 unspecified atom stereocenters. The number of rotatable bonds is 6. The molecule has 1 atom stereocenters. The van der Waals surface area contributed by atoms with Gasteiger partial charge in [0.25, 0.3) is 11.6 Å². The lowest BCUT2D eigenvalue weighted by Gasteiger charge is -2.18. The van der Waals surface area contributed by atoms with Crippen LogP contribution < -0.4 is 14.8 Å². The van der Waals surface area contributed by atoms with Crippen molar-refractivity contribution in [1.82, 2.24) is 5.32 Å². The Morgan fingerprint density at radius 3 is 2.54 bits per heavy atom. The van der Waals surface area contributed by atoms with Gasteiger partial charge in [0.05, 0.1) is 25.2 Å². The topological polar surface area (TPSA) is 90.7 Å². The minimum atomic E-state index is -0.535. The molecule has 1 N–H and O–H groups in total. The van der Waals surface area contributed by atoms with Gasteiger partial charge < -0.3 is 14.8 Å². The Bertz CT molecular complexity index is 760. The Kier molecular flexibility index (Phi) is 5.36. The quantitative estimate of drug-likeness (QED) is 0.649. The van der Waals surface area contributed by atoms with Crippen LogP contribution in [0.25, 0.3) is 0 Å². The van der Waals surface area contributed by atoms with Crippen molar-refractivity contribution in [3.05, 3.63) is 63.7 Å². The average Bonchev–Trinajstić information content (AvgIpc) is 2.60. The number of nitrogens with zero attached hydrogens (tertiary/aromatic N) is 1. The second-order valence-corrected chi connectivity index (χ2v) is 5.11. The molecule has 7 nitrogen and oxygen atoms in total. The van der Waals surface area contributed by atoms with Crippen LogP contribution in [-0.2, 0) is 0 Å². The van der Waals surface area contributed by atoms with Crippen molar-refractivity contribution in [3.8, 4) is 11.5 Å². The number of ether oxygens (including phenoxy) is 2. The predicted molar refractivity (Wildman–Crippen MR) is 88.5 cm³/mol. The number of carbonyl (C=O) groups excluding carboxylic acids is 1. The second kappa shape index (κ2) is 7.45. The van der Waals surface area contributed by atoms with E-state index in [1.807, 2.05) is 0 Å². The Balaban J connectivity index is 2.20. The third kappa shape index (κ3) is 3.81. The lowest BCUT2D eigenvalue weighted by molar-refractivity contribution is -0.384. The van der Waals surface area contributed by atoms with Gasteiger partial charge in [-0.3, -0.25) is 14.9 Å². The number of nitro groups is 1. The molecule has 1 amide bonds. The highest BCUT2D eigenvalue weighted by molar-refractivity contribution is 5.95. The molecule has 7 heteroatoms. The normalized spacial score (nSPS) is 11.5. The highest BCUT2D eigenvalue weighted by atomic mass is 16.6. The monoisotopic (exact) mass is 330 g/mol. The Morgan fingerprint density at radius 1 is 1.17 bits per heavy atom. The summed E-state index contributed by atoms with van der Waals surface area (Å²) in [6.45, 7) is 1.81. The summed E-state index contributed by atoms with van der Waals surface area (Å²) in [5.74, 6) is 0.832. The first-order valence-corrected chi connectivity index (χ1v) is 7.23. The summed E-state index contributed by atoms with van der Waals surface area (Å²) >= 11 is 0. The lowest BCUT2D eigenvalue weighted by Crippen LogP contribution is -2.27. The zero-order chi connectivity index (χ0) is 17.7. The smallest absolute Gasteiger partial charge is 0.270 e. The van der Waals surface area contributed by atoms with Gasteiger partial charge in [0.1, 0.15) is 11.5 Å². The molecule has 2 aromatic carbocycles. The fourth-order valence-corrected chi connectivity index (χ4v) is 2.29. The highest BCUT2D eigenvalue weighted by Crippen LogP contribution is 2.29. The van der Waals surface area contributed by atoms with Crippen molar-refractivity contribution in [2.45, 2.75) is 13.0 Å². The maximum absolute atomic E-state index is 12.3. The summed E-state index contributed by atoms with van der Waals surface area (Å²) in [7, 11) is 3.09. The van der Waals surface area contributed by atoms with E-state index in [0.29, 0.717) is 11.5 Å². The number of nitro benzene ring substituents is 1. The van der Waals surface area contributed by atoms with Crippen molar-refractivity contribution >= 4 is 11.6 Å². The van der Waals surface area contributed by atoms with Crippen molar-refractivity contribution in [2.75, 3.05) is 14.2 Å². The molecule has 126 valence electrons. The summed E-state index contributed by atoms with van der Waals surface area (Å²) in [6.07, 6.45) is 0. The lowest BCUT2D eigenvalue weighted by atomic mass is 10.1. The maximum atomic E-state index is 12.3. The van der Waals surface area contributed by atoms with E-state index in [1.165, 1.54) is 31.4 Å². The molecule has 0 saturated carbocycles. The van der Waals surface area contributed by atoms with Gasteiger partial charge in [0.15, 0.2) is 0 Å². The molecule has 2 aromatic rings. The minimum Gasteiger partial charge on any atom is -0.497 e. The molecule has 0 fully saturated rings. The van der Waals surface area contributed by atoms with E-state index in [2.05, 4.69) is 5.32 Å². The van der Waals surface area contributed by atoms with E-state index in [1.54, 1.807) is 32.2 Å². The van der Waals surface area contributed by atoms with Gasteiger partial charge in [-0.25, -0.2) is 0 Å². The van der Waals surface area contributed by atoms with E-state index in [-0.39, 0.29) is 17.3 Å². The fourth-order valence-electron chi connectivity index (χ4n) is 2.29. The molecule has 0 aliphatic rings. The highest BCUT2D eigenvalue weighted by Gasteiger charge is 2.17. The number of methoxy groups -OCH3 is 2. The van der Waals surface area contributed by atoms with Crippen LogP contribution in [0, 0.1) is 10.1 Å². The molecule has 0 aromatic heterocycles. The Morgan fingerprint density at radius 2 is 1.92 bits per heavy atom. The Labute approximate surface area is 139 Å². The summed E-state index contributed by atoms with van der Waals surface area (Å²) in [6, 6.07) is 10.5. The van der Waals surface area contributed by atoms with E-state index in [4.69, 9.17) is 9.47 Å². The number of hydrogen-bond donors (Lipinski definition) is 1. The van der Waals surface area contributed by atoms with Crippen LogP contribution in [0.3, 0.4) is 0 Å². The van der Waals surface area contributed by atoms with E-state index in [0.717, 1.165) is 5.56 Å². The molecule has 0 aliphatic carbocycles. The summed E-state index contributed by atoms with van der Waals surface area (Å²) in [5.41, 5.74) is 0.873. The molecule has 24 heavy (non-hydrogen) atoms. The van der Waals surface area contributed by atoms with Gasteiger partial charge in [-0.05, 0) is 25.1 Å². The van der Waals surface area contributed by atoms with Crippen molar-refractivity contribution < 1.29 is 19.2 Å². The van der Waals surface area contributed by atoms with E-state index < -0.39 is 10.8 Å². The third-order valence-corrected chi connectivity index (χ3v) is 3.57. The van der Waals surface area contributed by atoms with E-state index in [9.17, 15) is 14.9 Å². The molecule has 0 heterocycles. The van der Waals surface area contributed by atoms with Crippen LogP contribution in [0.2, 0.25) is 0 Å². The number of hydrogen-bond acceptors (Lipinski definition) is 5. The van der Waals surface area contributed by atoms with Crippen LogP contribution in [-0.4, -0.2) is 25.1 Å². The van der Waals surface area contributed by atoms with Gasteiger partial charge in [0.2, 0.25) is 0 Å². The number of non-ortho nitro benzene ring substituents is 1. The largest absolute Gasteiger partial charge is 0.497 e. The molecule has 0 bridgehead atoms. The predicted octanol–water partition coefficient (Wildman–Crippen LogP) is 3.10. The number of amides is 1. The zero-order valence-electron chi connectivity index (χ0n) is 13.6. The van der Waals surface area contributed by atoms with Crippen molar-refractivity contribution in [3.63, 3.8) is 0 Å². The van der Waals surface area contributed by atoms with Gasteiger partial charge in [-0.1, -0.05) is 6.07 Å². The molecular formula is C17H18N2O5. The summed E-state index contributed by atoms with van der Waals surface area (Å²) in [4.78, 5) is 22.6. The van der Waals surface area contributed by atoms with Crippen molar-refractivity contribution in [1.29, 1.82) is 0 Å². The third-order valence-electron chi connectivity index (χ3n) is 3.57. The molecule has 0 saturated heterocycles. The first-order chi connectivity index (χ1) is 11.5. The molecule has 2 rings (SSSR count). The van der Waals surface area contributed by atoms with Gasteiger partial charge >= 0.3 is 0 Å². The van der Waals surface area contributed by atoms with E-state index >= 15 is 0 Å². The first kappa shape index (κ1) is 17.3. The maximum Gasteiger partial charge on any atom is 0.270 e. The fraction of sp³-hybridized carbons (Fsp3) is 0.235. The SMILES string of the molecule is COc1ccc(C(C)NC(=O)c2cccc([N+](=O)[O-])c2)c(OC)c1. The number of carbonyl (C=O) groups is 1. The number of nitrogens with one attached hydrogen (secondary N) is 1. The molecular weight excluding hydrogens is 312 g/mol. The first-order valence-electron chi connectivity index (χ1n) is 7.23. The van der Waals surface area contributed by atoms with Gasteiger partial charge in [-0.15, -0.1) is 0 Å². The molecule has 0 aliphatic heterocycles. The Hall–Kier alpha value is -3.09. The van der Waals surface area contributed by atoms with Crippen LogP contribution in [0.5, 0.6) is 11.5 Å². The van der Waals surface area contributed by atoms with Crippen LogP contribution >= 0.6 is 0 Å². The minimum absolute atomic E-state index is 0.127. The van der Waals surface area contributed by atoms with Crippen LogP contribution in [0.15, 0.2) is 42.5 Å². The van der Waals surface area contributed by atoms with Crippen LogP contribution in [0.1, 0.15) is 28.9 Å². The van der Waals surface area contributed by atoms with Gasteiger partial charge in [-0.2, -0.15) is 0 Å².